The first-order valence-electron chi connectivity index (χ1n) is 4.84. The molecule has 0 saturated carbocycles. The number of aryl methyl sites for hydroxylation is 1. The molecule has 0 fully saturated rings. The van der Waals surface area contributed by atoms with E-state index in [2.05, 4.69) is 5.10 Å². The fourth-order valence-electron chi connectivity index (χ4n) is 1.50. The van der Waals surface area contributed by atoms with Crippen LogP contribution >= 0.6 is 11.6 Å². The molecule has 0 aliphatic heterocycles. The molecule has 88 valence electrons. The van der Waals surface area contributed by atoms with E-state index >= 15 is 0 Å². The summed E-state index contributed by atoms with van der Waals surface area (Å²) >= 11 is 5.89. The Bertz CT molecular complexity index is 592. The van der Waals surface area contributed by atoms with Crippen molar-refractivity contribution in [3.63, 3.8) is 0 Å². The van der Waals surface area contributed by atoms with E-state index in [-0.39, 0.29) is 11.5 Å². The van der Waals surface area contributed by atoms with E-state index in [0.29, 0.717) is 10.7 Å². The highest BCUT2D eigenvalue weighted by Gasteiger charge is 2.13. The molecule has 1 aromatic carbocycles. The molecule has 1 heterocycles. The van der Waals surface area contributed by atoms with Gasteiger partial charge in [-0.25, -0.2) is 9.48 Å². The minimum Gasteiger partial charge on any atom is -0.476 e. The van der Waals surface area contributed by atoms with Crippen LogP contribution in [0.2, 0.25) is 5.02 Å². The van der Waals surface area contributed by atoms with Crippen molar-refractivity contribution < 1.29 is 9.90 Å². The van der Waals surface area contributed by atoms with Gasteiger partial charge in [0.25, 0.3) is 0 Å². The molecule has 0 unspecified atom stereocenters. The Balaban J connectivity index is 2.60. The van der Waals surface area contributed by atoms with Gasteiger partial charge in [-0.05, 0) is 24.6 Å². The topological polar surface area (TPSA) is 81.1 Å². The van der Waals surface area contributed by atoms with Gasteiger partial charge in [-0.2, -0.15) is 5.10 Å². The molecule has 2 aromatic rings. The summed E-state index contributed by atoms with van der Waals surface area (Å²) in [5.74, 6) is -0.858. The smallest absolute Gasteiger partial charge is 0.356 e. The highest BCUT2D eigenvalue weighted by molar-refractivity contribution is 6.30. The summed E-state index contributed by atoms with van der Waals surface area (Å²) in [6.07, 6.45) is 0. The van der Waals surface area contributed by atoms with E-state index in [1.165, 1.54) is 10.7 Å². The van der Waals surface area contributed by atoms with Crippen molar-refractivity contribution in [2.24, 2.45) is 0 Å². The second-order valence-electron chi connectivity index (χ2n) is 3.60. The molecule has 0 aliphatic rings. The molecule has 0 aliphatic carbocycles. The number of carboxylic acids is 1. The molecule has 17 heavy (non-hydrogen) atoms. The van der Waals surface area contributed by atoms with Crippen LogP contribution in [0.1, 0.15) is 16.1 Å². The maximum atomic E-state index is 10.8. The van der Waals surface area contributed by atoms with Crippen molar-refractivity contribution >= 4 is 23.4 Å². The number of nitrogen functional groups attached to an aromatic ring is 1. The molecule has 0 saturated heterocycles. The third kappa shape index (κ3) is 2.09. The van der Waals surface area contributed by atoms with E-state index < -0.39 is 5.97 Å². The Kier molecular flexibility index (Phi) is 2.77. The number of carboxylic acid groups (broad SMARTS) is 1. The maximum absolute atomic E-state index is 10.8. The Morgan fingerprint density at radius 2 is 2.18 bits per heavy atom. The number of anilines is 1. The highest BCUT2D eigenvalue weighted by Crippen LogP contribution is 2.22. The van der Waals surface area contributed by atoms with Crippen LogP contribution in [0.25, 0.3) is 5.69 Å². The Labute approximate surface area is 102 Å². The van der Waals surface area contributed by atoms with E-state index in [1.54, 1.807) is 12.1 Å². The van der Waals surface area contributed by atoms with Gasteiger partial charge in [0.2, 0.25) is 0 Å². The molecular weight excluding hydrogens is 242 g/mol. The van der Waals surface area contributed by atoms with Crippen LogP contribution in [0.5, 0.6) is 0 Å². The van der Waals surface area contributed by atoms with E-state index in [1.807, 2.05) is 13.0 Å². The summed E-state index contributed by atoms with van der Waals surface area (Å²) in [5.41, 5.74) is 7.20. The van der Waals surface area contributed by atoms with Crippen molar-refractivity contribution in [1.29, 1.82) is 0 Å². The molecule has 0 radical (unpaired) electrons. The van der Waals surface area contributed by atoms with Crippen LogP contribution < -0.4 is 5.73 Å². The van der Waals surface area contributed by atoms with Crippen LogP contribution in [0.3, 0.4) is 0 Å². The Morgan fingerprint density at radius 1 is 1.47 bits per heavy atom. The first kappa shape index (κ1) is 11.5. The molecule has 3 N–H and O–H groups in total. The van der Waals surface area contributed by atoms with E-state index in [0.717, 1.165) is 5.56 Å². The predicted octanol–water partition coefficient (Wildman–Crippen LogP) is 2.11. The van der Waals surface area contributed by atoms with E-state index in [4.69, 9.17) is 22.4 Å². The van der Waals surface area contributed by atoms with Crippen molar-refractivity contribution in [2.45, 2.75) is 6.92 Å². The number of aromatic nitrogens is 2. The highest BCUT2D eigenvalue weighted by atomic mass is 35.5. The van der Waals surface area contributed by atoms with Crippen molar-refractivity contribution in [2.75, 3.05) is 5.73 Å². The lowest BCUT2D eigenvalue weighted by Crippen LogP contribution is -2.05. The second-order valence-corrected chi connectivity index (χ2v) is 4.04. The average molecular weight is 252 g/mol. The summed E-state index contributed by atoms with van der Waals surface area (Å²) in [6.45, 7) is 1.87. The monoisotopic (exact) mass is 251 g/mol. The fourth-order valence-corrected chi connectivity index (χ4v) is 1.67. The molecule has 1 aromatic heterocycles. The number of carbonyl (C=O) groups is 1. The Hall–Kier alpha value is -2.01. The van der Waals surface area contributed by atoms with Gasteiger partial charge in [-0.15, -0.1) is 0 Å². The summed E-state index contributed by atoms with van der Waals surface area (Å²) in [7, 11) is 0. The number of nitrogens with two attached hydrogens (primary N) is 1. The third-order valence-electron chi connectivity index (χ3n) is 2.36. The second kappa shape index (κ2) is 4.10. The van der Waals surface area contributed by atoms with Gasteiger partial charge in [0.1, 0.15) is 5.82 Å². The van der Waals surface area contributed by atoms with Gasteiger partial charge < -0.3 is 10.8 Å². The molecular formula is C11H10ClN3O2. The number of hydrogen-bond acceptors (Lipinski definition) is 3. The predicted molar refractivity (Wildman–Crippen MR) is 64.7 cm³/mol. The van der Waals surface area contributed by atoms with Crippen molar-refractivity contribution in [1.82, 2.24) is 9.78 Å². The van der Waals surface area contributed by atoms with Crippen molar-refractivity contribution in [3.05, 3.63) is 40.5 Å². The van der Waals surface area contributed by atoms with Gasteiger partial charge in [0.15, 0.2) is 5.69 Å². The summed E-state index contributed by atoms with van der Waals surface area (Å²) < 4.78 is 1.37. The minimum atomic E-state index is -1.12. The Morgan fingerprint density at radius 3 is 2.76 bits per heavy atom. The zero-order valence-electron chi connectivity index (χ0n) is 9.01. The van der Waals surface area contributed by atoms with Gasteiger partial charge in [0.05, 0.1) is 5.69 Å². The standard InChI is InChI=1S/C11H10ClN3O2/c1-6-2-3-7(12)4-9(6)15-10(13)5-8(14-15)11(16)17/h2-5H,13H2,1H3,(H,16,17). The summed E-state index contributed by atoms with van der Waals surface area (Å²) in [4.78, 5) is 10.8. The van der Waals surface area contributed by atoms with Crippen LogP contribution in [0.15, 0.2) is 24.3 Å². The van der Waals surface area contributed by atoms with Gasteiger partial charge >= 0.3 is 5.97 Å². The van der Waals surface area contributed by atoms with E-state index in [9.17, 15) is 4.79 Å². The first-order chi connectivity index (χ1) is 7.99. The molecule has 0 spiro atoms. The van der Waals surface area contributed by atoms with Gasteiger partial charge in [-0.1, -0.05) is 17.7 Å². The van der Waals surface area contributed by atoms with Crippen LogP contribution in [-0.4, -0.2) is 20.9 Å². The molecule has 0 amide bonds. The van der Waals surface area contributed by atoms with Gasteiger partial charge in [0, 0.05) is 11.1 Å². The van der Waals surface area contributed by atoms with Crippen LogP contribution in [0, 0.1) is 6.92 Å². The lowest BCUT2D eigenvalue weighted by molar-refractivity contribution is 0.0690. The SMILES string of the molecule is Cc1ccc(Cl)cc1-n1nc(C(=O)O)cc1N. The number of aromatic carboxylic acids is 1. The minimum absolute atomic E-state index is 0.0955. The molecule has 2 rings (SSSR count). The zero-order valence-corrected chi connectivity index (χ0v) is 9.77. The number of hydrogen-bond donors (Lipinski definition) is 2. The lowest BCUT2D eigenvalue weighted by Gasteiger charge is -2.07. The quantitative estimate of drug-likeness (QED) is 0.857. The molecule has 5 nitrogen and oxygen atoms in total. The lowest BCUT2D eigenvalue weighted by atomic mass is 10.2. The number of halogens is 1. The summed E-state index contributed by atoms with van der Waals surface area (Å²) in [6, 6.07) is 6.56. The largest absolute Gasteiger partial charge is 0.476 e. The molecule has 0 bridgehead atoms. The fraction of sp³-hybridized carbons (Fsp3) is 0.0909. The van der Waals surface area contributed by atoms with Crippen molar-refractivity contribution in [3.8, 4) is 5.69 Å². The average Bonchev–Trinajstić information content (AvgIpc) is 2.64. The zero-order chi connectivity index (χ0) is 12.6. The normalized spacial score (nSPS) is 10.5. The van der Waals surface area contributed by atoms with Gasteiger partial charge in [-0.3, -0.25) is 0 Å². The third-order valence-corrected chi connectivity index (χ3v) is 2.59. The molecule has 0 atom stereocenters. The number of nitrogens with zero attached hydrogens (tertiary/aromatic N) is 2. The first-order valence-corrected chi connectivity index (χ1v) is 5.22. The maximum Gasteiger partial charge on any atom is 0.356 e. The molecule has 6 heteroatoms. The van der Waals surface area contributed by atoms with Crippen LogP contribution in [-0.2, 0) is 0 Å². The number of benzene rings is 1. The van der Waals surface area contributed by atoms with Crippen LogP contribution in [0.4, 0.5) is 5.82 Å². The summed E-state index contributed by atoms with van der Waals surface area (Å²) in [5, 5.41) is 13.3. The number of rotatable bonds is 2.